The number of hydrogen-bond donors (Lipinski definition) is 1. The molecule has 28 heavy (non-hydrogen) atoms. The van der Waals surface area contributed by atoms with Gasteiger partial charge >= 0.3 is 5.97 Å². The van der Waals surface area contributed by atoms with E-state index in [1.165, 1.54) is 0 Å². The van der Waals surface area contributed by atoms with Crippen LogP contribution in [0.15, 0.2) is 64.1 Å². The molecule has 0 fully saturated rings. The van der Waals surface area contributed by atoms with Gasteiger partial charge in [0.05, 0.1) is 12.0 Å². The zero-order chi connectivity index (χ0) is 20.1. The Kier molecular flexibility index (Phi) is 6.49. The lowest BCUT2D eigenvalue weighted by atomic mass is 10.1. The first-order chi connectivity index (χ1) is 13.4. The van der Waals surface area contributed by atoms with Crippen molar-refractivity contribution in [3.05, 3.63) is 75.1 Å². The molecule has 0 saturated heterocycles. The molecule has 0 aliphatic heterocycles. The quantitative estimate of drug-likeness (QED) is 0.354. The highest BCUT2D eigenvalue weighted by molar-refractivity contribution is 9.10. The van der Waals surface area contributed by atoms with Gasteiger partial charge < -0.3 is 14.7 Å². The highest BCUT2D eigenvalue weighted by atomic mass is 79.9. The van der Waals surface area contributed by atoms with Gasteiger partial charge in [-0.05, 0) is 42.3 Å². The summed E-state index contributed by atoms with van der Waals surface area (Å²) in [5, 5.41) is 10.3. The molecule has 0 aliphatic rings. The lowest BCUT2D eigenvalue weighted by Crippen LogP contribution is -2.12. The van der Waals surface area contributed by atoms with Crippen molar-refractivity contribution in [2.24, 2.45) is 4.99 Å². The number of ether oxygens (including phenoxy) is 1. The van der Waals surface area contributed by atoms with Gasteiger partial charge in [-0.1, -0.05) is 40.2 Å². The molecular formula is C21H19BrN2O3S. The van der Waals surface area contributed by atoms with Gasteiger partial charge in [-0.15, -0.1) is 11.3 Å². The summed E-state index contributed by atoms with van der Waals surface area (Å²) in [5.74, 6) is -0.645. The van der Waals surface area contributed by atoms with Crippen LogP contribution in [-0.4, -0.2) is 24.5 Å². The van der Waals surface area contributed by atoms with Gasteiger partial charge in [0.15, 0.2) is 4.88 Å². The number of thiophene rings is 1. The highest BCUT2D eigenvalue weighted by Gasteiger charge is 2.18. The van der Waals surface area contributed by atoms with Gasteiger partial charge in [0.2, 0.25) is 0 Å². The van der Waals surface area contributed by atoms with Gasteiger partial charge in [-0.3, -0.25) is 0 Å². The second-order valence-electron chi connectivity index (χ2n) is 6.13. The van der Waals surface area contributed by atoms with Gasteiger partial charge in [0.25, 0.3) is 0 Å². The topological polar surface area (TPSA) is 62.1 Å². The minimum Gasteiger partial charge on any atom is -0.487 e. The van der Waals surface area contributed by atoms with Crippen LogP contribution in [0, 0.1) is 6.92 Å². The number of rotatable bonds is 7. The molecule has 0 bridgehead atoms. The van der Waals surface area contributed by atoms with Crippen LogP contribution in [0.2, 0.25) is 0 Å². The van der Waals surface area contributed by atoms with Crippen molar-refractivity contribution in [1.29, 1.82) is 0 Å². The molecule has 0 aliphatic carbocycles. The highest BCUT2D eigenvalue weighted by Crippen LogP contribution is 2.35. The van der Waals surface area contributed by atoms with Crippen LogP contribution >= 0.6 is 27.3 Å². The number of benzene rings is 2. The van der Waals surface area contributed by atoms with Crippen molar-refractivity contribution in [2.45, 2.75) is 13.5 Å². The maximum Gasteiger partial charge on any atom is 0.349 e. The monoisotopic (exact) mass is 458 g/mol. The zero-order valence-corrected chi connectivity index (χ0v) is 17.8. The number of carboxylic acids is 1. The van der Waals surface area contributed by atoms with Gasteiger partial charge in [0, 0.05) is 17.6 Å². The fourth-order valence-corrected chi connectivity index (χ4v) is 3.59. The Bertz CT molecular complexity index is 999. The van der Waals surface area contributed by atoms with Crippen molar-refractivity contribution in [2.75, 3.05) is 11.9 Å². The van der Waals surface area contributed by atoms with Crippen molar-refractivity contribution in [3.8, 4) is 5.75 Å². The van der Waals surface area contributed by atoms with Crippen LogP contribution in [0.4, 0.5) is 10.7 Å². The molecule has 1 aromatic heterocycles. The summed E-state index contributed by atoms with van der Waals surface area (Å²) < 4.78 is 6.81. The average Bonchev–Trinajstić information content (AvgIpc) is 3.11. The number of anilines is 1. The lowest BCUT2D eigenvalue weighted by molar-refractivity contribution is 0.0697. The third-order valence-electron chi connectivity index (χ3n) is 4.08. The summed E-state index contributed by atoms with van der Waals surface area (Å²) in [6, 6.07) is 17.2. The predicted octanol–water partition coefficient (Wildman–Crippen LogP) is 5.89. The van der Waals surface area contributed by atoms with Crippen molar-refractivity contribution >= 4 is 50.3 Å². The Labute approximate surface area is 176 Å². The Morgan fingerprint density at radius 1 is 1.25 bits per heavy atom. The molecule has 0 atom stereocenters. The summed E-state index contributed by atoms with van der Waals surface area (Å²) in [5.41, 5.74) is 2.94. The number of aromatic carboxylic acids is 1. The van der Waals surface area contributed by atoms with Crippen LogP contribution in [-0.2, 0) is 6.61 Å². The molecule has 7 heteroatoms. The first-order valence-corrected chi connectivity index (χ1v) is 10.1. The maximum absolute atomic E-state index is 11.6. The molecule has 0 amide bonds. The average molecular weight is 459 g/mol. The summed E-state index contributed by atoms with van der Waals surface area (Å²) in [6.45, 7) is 2.32. The minimum atomic E-state index is -1.01. The summed E-state index contributed by atoms with van der Waals surface area (Å²) in [6.07, 6.45) is 1.66. The fraction of sp³-hybridized carbons (Fsp3) is 0.143. The van der Waals surface area contributed by atoms with Crippen LogP contribution in [0.25, 0.3) is 0 Å². The third-order valence-corrected chi connectivity index (χ3v) is 5.80. The molecule has 0 saturated carbocycles. The normalized spacial score (nSPS) is 11.0. The van der Waals surface area contributed by atoms with Gasteiger partial charge in [-0.2, -0.15) is 0 Å². The van der Waals surface area contributed by atoms with E-state index in [4.69, 9.17) is 4.74 Å². The Hall–Kier alpha value is -2.64. The molecule has 0 radical (unpaired) electrons. The van der Waals surface area contributed by atoms with Crippen molar-refractivity contribution < 1.29 is 14.6 Å². The number of aryl methyl sites for hydroxylation is 1. The maximum atomic E-state index is 11.6. The molecule has 144 valence electrons. The first kappa shape index (κ1) is 20.1. The van der Waals surface area contributed by atoms with Crippen LogP contribution in [0.5, 0.6) is 5.75 Å². The van der Waals surface area contributed by atoms with Crippen LogP contribution in [0.3, 0.4) is 0 Å². The summed E-state index contributed by atoms with van der Waals surface area (Å²) >= 11 is 4.55. The molecule has 2 aromatic carbocycles. The van der Waals surface area contributed by atoms with E-state index < -0.39 is 5.97 Å². The van der Waals surface area contributed by atoms with Crippen molar-refractivity contribution in [3.63, 3.8) is 0 Å². The van der Waals surface area contributed by atoms with Gasteiger partial charge in [0.1, 0.15) is 17.4 Å². The molecule has 1 N–H and O–H groups in total. The number of halogens is 1. The Balaban J connectivity index is 1.76. The zero-order valence-electron chi connectivity index (χ0n) is 15.4. The van der Waals surface area contributed by atoms with E-state index in [-0.39, 0.29) is 4.88 Å². The standard InChI is InChI=1S/C21H19BrN2O3S/c1-14-5-3-4-6-15(14)12-27-18-11-19(28-20(18)21(25)26)24(2)13-23-17-9-7-16(22)8-10-17/h3-11,13H,12H2,1-2H3,(H,25,26). The van der Waals surface area contributed by atoms with Crippen LogP contribution in [0.1, 0.15) is 20.8 Å². The number of carboxylic acid groups (broad SMARTS) is 1. The lowest BCUT2D eigenvalue weighted by Gasteiger charge is -2.09. The molecule has 3 rings (SSSR count). The SMILES string of the molecule is Cc1ccccc1COc1cc(N(C)C=Nc2ccc(Br)cc2)sc1C(=O)O. The molecule has 0 unspecified atom stereocenters. The molecule has 0 spiro atoms. The smallest absolute Gasteiger partial charge is 0.349 e. The Morgan fingerprint density at radius 3 is 2.64 bits per heavy atom. The van der Waals surface area contributed by atoms with E-state index in [0.29, 0.717) is 12.4 Å². The van der Waals surface area contributed by atoms with E-state index in [0.717, 1.165) is 37.6 Å². The minimum absolute atomic E-state index is 0.174. The number of aliphatic imine (C=N–C) groups is 1. The third kappa shape index (κ3) is 4.99. The predicted molar refractivity (Wildman–Crippen MR) is 117 cm³/mol. The van der Waals surface area contributed by atoms with E-state index in [9.17, 15) is 9.90 Å². The molecule has 3 aromatic rings. The Morgan fingerprint density at radius 2 is 1.96 bits per heavy atom. The van der Waals surface area contributed by atoms with E-state index in [1.807, 2.05) is 62.5 Å². The van der Waals surface area contributed by atoms with Crippen molar-refractivity contribution in [1.82, 2.24) is 0 Å². The second-order valence-corrected chi connectivity index (χ2v) is 8.08. The van der Waals surface area contributed by atoms with Crippen LogP contribution < -0.4 is 9.64 Å². The molecule has 5 nitrogen and oxygen atoms in total. The first-order valence-electron chi connectivity index (χ1n) is 8.51. The number of nitrogens with zero attached hydrogens (tertiary/aromatic N) is 2. The van der Waals surface area contributed by atoms with E-state index in [2.05, 4.69) is 20.9 Å². The second kappa shape index (κ2) is 9.03. The largest absolute Gasteiger partial charge is 0.487 e. The van der Waals surface area contributed by atoms with E-state index >= 15 is 0 Å². The summed E-state index contributed by atoms with van der Waals surface area (Å²) in [4.78, 5) is 18.0. The summed E-state index contributed by atoms with van der Waals surface area (Å²) in [7, 11) is 1.82. The number of carbonyl (C=O) groups is 1. The fourth-order valence-electron chi connectivity index (χ4n) is 2.46. The number of hydrogen-bond acceptors (Lipinski definition) is 4. The van der Waals surface area contributed by atoms with E-state index in [1.54, 1.807) is 17.3 Å². The van der Waals surface area contributed by atoms with Gasteiger partial charge in [-0.25, -0.2) is 9.79 Å². The molecular weight excluding hydrogens is 440 g/mol. The molecule has 1 heterocycles.